The van der Waals surface area contributed by atoms with E-state index in [1.807, 2.05) is 60.7 Å². The van der Waals surface area contributed by atoms with E-state index in [0.29, 0.717) is 71.1 Å². The third kappa shape index (κ3) is 9.37. The predicted octanol–water partition coefficient (Wildman–Crippen LogP) is 12.0. The van der Waals surface area contributed by atoms with E-state index in [1.165, 1.54) is 18.2 Å². The van der Waals surface area contributed by atoms with Crippen LogP contribution in [0.25, 0.3) is 21.8 Å². The fourth-order valence-corrected chi connectivity index (χ4v) is 12.4. The molecule has 11 heteroatoms. The van der Waals surface area contributed by atoms with Gasteiger partial charge in [-0.15, -0.1) is 0 Å². The van der Waals surface area contributed by atoms with Gasteiger partial charge in [0.15, 0.2) is 0 Å². The SMILES string of the molecule is O=C(Cc1ccc(Cl)cc1)C[C@@H]1C[C@@H]2C[C@@H](c3ccnc4ccc(F)cc34)C(O)[C@@H]2C1.O=C(Cc1ccc(Cl)cc1)C[C@@H]1C[C@@H]2C[C@@]3(c4ccnc5ccc(F)cc45)O[C@H]3[C@@H]2C1.[CH3-].[Pd]. The average molecular weight is 995 g/mol. The number of fused-ring (bicyclic) bond motifs is 6. The van der Waals surface area contributed by atoms with Crippen LogP contribution in [0.4, 0.5) is 8.78 Å². The Morgan fingerprint density at radius 3 is 1.78 bits per heavy atom. The van der Waals surface area contributed by atoms with E-state index in [2.05, 4.69) is 9.97 Å². The number of hydrogen-bond acceptors (Lipinski definition) is 6. The topological polar surface area (TPSA) is 92.7 Å². The number of aliphatic hydroxyl groups excluding tert-OH is 1. The number of benzene rings is 4. The molecule has 11 rings (SSSR count). The second-order valence-electron chi connectivity index (χ2n) is 18.7. The maximum Gasteiger partial charge on any atom is 0.137 e. The molecule has 3 heterocycles. The van der Waals surface area contributed by atoms with Gasteiger partial charge >= 0.3 is 0 Å². The minimum Gasteiger partial charge on any atom is -0.392 e. The van der Waals surface area contributed by atoms with E-state index >= 15 is 0 Å². The van der Waals surface area contributed by atoms with Crippen molar-refractivity contribution in [3.63, 3.8) is 0 Å². The molecule has 6 nitrogen and oxygen atoms in total. The summed E-state index contributed by atoms with van der Waals surface area (Å²) in [6.07, 6.45) is 11.2. The number of ether oxygens (including phenoxy) is 1. The number of halogens is 4. The molecule has 0 spiro atoms. The zero-order chi connectivity index (χ0) is 42.7. The molecule has 336 valence electrons. The van der Waals surface area contributed by atoms with Crippen molar-refractivity contribution in [2.24, 2.45) is 35.5 Å². The van der Waals surface area contributed by atoms with Gasteiger partial charge in [-0.3, -0.25) is 19.6 Å². The van der Waals surface area contributed by atoms with Crippen LogP contribution in [0.5, 0.6) is 0 Å². The zero-order valence-corrected chi connectivity index (χ0v) is 38.6. The normalized spacial score (nSPS) is 28.3. The summed E-state index contributed by atoms with van der Waals surface area (Å²) < 4.78 is 34.1. The molecule has 10 atom stereocenters. The quantitative estimate of drug-likeness (QED) is 0.0835. The smallest absolute Gasteiger partial charge is 0.137 e. The molecule has 4 saturated carbocycles. The fraction of sp³-hybridized carbons (Fsp3) is 0.377. The molecule has 0 bridgehead atoms. The summed E-state index contributed by atoms with van der Waals surface area (Å²) in [5, 5.41) is 14.2. The predicted molar refractivity (Wildman–Crippen MR) is 243 cm³/mol. The van der Waals surface area contributed by atoms with Crippen LogP contribution in [0.3, 0.4) is 0 Å². The summed E-state index contributed by atoms with van der Waals surface area (Å²) in [6.45, 7) is 0. The Kier molecular flexibility index (Phi) is 13.9. The van der Waals surface area contributed by atoms with Crippen LogP contribution in [0, 0.1) is 54.6 Å². The second-order valence-corrected chi connectivity index (χ2v) is 19.5. The summed E-state index contributed by atoms with van der Waals surface area (Å²) >= 11 is 11.9. The molecular formula is C53H51Cl2F2N2O4Pd-. The number of hydrogen-bond donors (Lipinski definition) is 1. The Balaban J connectivity index is 0.000000170. The summed E-state index contributed by atoms with van der Waals surface area (Å²) in [5.41, 5.74) is 5.36. The summed E-state index contributed by atoms with van der Waals surface area (Å²) in [6, 6.07) is 28.3. The maximum absolute atomic E-state index is 13.9. The van der Waals surface area contributed by atoms with Crippen molar-refractivity contribution < 1.29 is 48.6 Å². The number of carbonyl (C=O) groups is 2. The van der Waals surface area contributed by atoms with Gasteiger partial charge < -0.3 is 17.3 Å². The maximum atomic E-state index is 13.9. The van der Waals surface area contributed by atoms with E-state index < -0.39 is 6.10 Å². The molecule has 0 amide bonds. The first-order valence-electron chi connectivity index (χ1n) is 22.0. The van der Waals surface area contributed by atoms with Crippen LogP contribution >= 0.6 is 23.2 Å². The van der Waals surface area contributed by atoms with Gasteiger partial charge in [-0.25, -0.2) is 8.78 Å². The van der Waals surface area contributed by atoms with Crippen LogP contribution in [-0.2, 0) is 53.2 Å². The molecule has 2 aromatic heterocycles. The largest absolute Gasteiger partial charge is 0.392 e. The number of pyridine rings is 2. The number of aliphatic hydroxyl groups is 1. The molecule has 6 aromatic rings. The van der Waals surface area contributed by atoms with Crippen molar-refractivity contribution in [3.8, 4) is 0 Å². The van der Waals surface area contributed by atoms with E-state index in [0.717, 1.165) is 82.6 Å². The van der Waals surface area contributed by atoms with Gasteiger partial charge in [0.2, 0.25) is 0 Å². The molecule has 1 saturated heterocycles. The fourth-order valence-electron chi connectivity index (χ4n) is 12.2. The van der Waals surface area contributed by atoms with Gasteiger partial charge in [0.25, 0.3) is 0 Å². The first-order chi connectivity index (χ1) is 30.0. The van der Waals surface area contributed by atoms with Crippen molar-refractivity contribution in [3.05, 3.63) is 161 Å². The van der Waals surface area contributed by atoms with E-state index in [9.17, 15) is 23.5 Å². The Hall–Kier alpha value is -3.94. The number of ketones is 2. The molecular weight excluding hydrogens is 944 g/mol. The Labute approximate surface area is 397 Å². The van der Waals surface area contributed by atoms with Crippen molar-refractivity contribution in [2.45, 2.75) is 87.9 Å². The standard InChI is InChI=1S/C26H23ClFNO2.C26H25ClFNO2.CH3.Pd/c27-18-3-1-15(2-4-18)10-20(30)11-16-9-17-14-26(25(31-26)21(17)12-16)23-7-8-29-24-6-5-19(28)13-22(23)24;27-18-3-1-15(2-4-18)10-20(30)11-16-9-17-13-24(26(31)22(17)12-16)21-7-8-29-25-6-5-19(28)14-23(21)25;;/h1-8,13,16-17,21,25H,9-12,14H2;1-8,14,16-17,22,24,26,31H,9-13H2;1H3;/q;;-1;/t16-,17+,21+,25-,26-;16-,17+,22+,24-,26?;;/m00../s1. The van der Waals surface area contributed by atoms with Gasteiger partial charge in [-0.05, 0) is 169 Å². The molecule has 1 unspecified atom stereocenters. The number of carbonyl (C=O) groups excluding carboxylic acids is 2. The minimum absolute atomic E-state index is 0. The van der Waals surface area contributed by atoms with E-state index in [1.54, 1.807) is 30.6 Å². The Morgan fingerprint density at radius 2 is 1.20 bits per heavy atom. The Bertz CT molecular complexity index is 2590. The molecule has 1 aliphatic heterocycles. The summed E-state index contributed by atoms with van der Waals surface area (Å²) in [4.78, 5) is 33.9. The van der Waals surface area contributed by atoms with Crippen molar-refractivity contribution in [1.29, 1.82) is 0 Å². The first kappa shape index (κ1) is 46.6. The van der Waals surface area contributed by atoms with Gasteiger partial charge in [-0.1, -0.05) is 47.5 Å². The molecule has 0 radical (unpaired) electrons. The van der Waals surface area contributed by atoms with Crippen LogP contribution < -0.4 is 0 Å². The van der Waals surface area contributed by atoms with Crippen molar-refractivity contribution >= 4 is 56.6 Å². The van der Waals surface area contributed by atoms with Crippen LogP contribution in [0.2, 0.25) is 10.0 Å². The zero-order valence-electron chi connectivity index (χ0n) is 35.6. The van der Waals surface area contributed by atoms with Gasteiger partial charge in [0, 0.05) is 85.2 Å². The summed E-state index contributed by atoms with van der Waals surface area (Å²) in [5.74, 6) is 2.45. The van der Waals surface area contributed by atoms with Gasteiger partial charge in [-0.2, -0.15) is 0 Å². The minimum atomic E-state index is -0.463. The van der Waals surface area contributed by atoms with Gasteiger partial charge in [0.05, 0.1) is 23.2 Å². The molecule has 5 aliphatic rings. The van der Waals surface area contributed by atoms with Crippen molar-refractivity contribution in [1.82, 2.24) is 9.97 Å². The first-order valence-corrected chi connectivity index (χ1v) is 22.7. The van der Waals surface area contributed by atoms with Crippen LogP contribution in [0.1, 0.15) is 79.5 Å². The number of rotatable bonds is 10. The molecule has 5 fully saturated rings. The van der Waals surface area contributed by atoms with Crippen molar-refractivity contribution in [2.75, 3.05) is 0 Å². The van der Waals surface area contributed by atoms with Crippen LogP contribution in [0.15, 0.2) is 109 Å². The number of aromatic nitrogens is 2. The molecule has 4 aliphatic carbocycles. The van der Waals surface area contributed by atoms with E-state index in [4.69, 9.17) is 27.9 Å². The molecule has 4 aromatic carbocycles. The summed E-state index contributed by atoms with van der Waals surface area (Å²) in [7, 11) is 0. The van der Waals surface area contributed by atoms with Crippen LogP contribution in [-0.4, -0.2) is 38.8 Å². The molecule has 64 heavy (non-hydrogen) atoms. The molecule has 1 N–H and O–H groups in total. The third-order valence-corrected chi connectivity index (χ3v) is 15.3. The van der Waals surface area contributed by atoms with E-state index in [-0.39, 0.29) is 68.8 Å². The number of Topliss-reactive ketones (excluding diaryl/α,β-unsaturated/α-hetero) is 2. The van der Waals surface area contributed by atoms with Gasteiger partial charge in [0.1, 0.15) is 28.8 Å². The monoisotopic (exact) mass is 993 g/mol. The second kappa shape index (κ2) is 19.1. The number of nitrogens with zero attached hydrogens (tertiary/aromatic N) is 2. The third-order valence-electron chi connectivity index (χ3n) is 14.8. The average Bonchev–Trinajstić information content (AvgIpc) is 3.50. The Morgan fingerprint density at radius 1 is 0.672 bits per heavy atom. The number of epoxide rings is 1.